The van der Waals surface area contributed by atoms with Gasteiger partial charge in [0.25, 0.3) is 0 Å². The van der Waals surface area contributed by atoms with Gasteiger partial charge < -0.3 is 1.43 Å². The van der Waals surface area contributed by atoms with Gasteiger partial charge in [-0.25, -0.2) is 0 Å². The summed E-state index contributed by atoms with van der Waals surface area (Å²) in [6, 6.07) is 0. The first-order valence-corrected chi connectivity index (χ1v) is 1.17. The summed E-state index contributed by atoms with van der Waals surface area (Å²) in [6.07, 6.45) is 0. The number of halogens is 3. The van der Waals surface area contributed by atoms with E-state index in [9.17, 15) is 13.6 Å². The van der Waals surface area contributed by atoms with Crippen LogP contribution in [0.1, 0.15) is 1.43 Å². The van der Waals surface area contributed by atoms with Crippen LogP contribution in [0.15, 0.2) is 0 Å². The molecule has 0 aromatic carbocycles. The molecule has 0 heterocycles. The molecule has 0 rings (SSSR count). The zero-order valence-corrected chi connectivity index (χ0v) is 3.94. The second kappa shape index (κ2) is 7.33. The van der Waals surface area contributed by atoms with Crippen molar-refractivity contribution in [3.8, 4) is 0 Å². The Labute approximate surface area is 56.6 Å². The van der Waals surface area contributed by atoms with Crippen molar-refractivity contribution in [2.75, 3.05) is 0 Å². The fraction of sp³-hybridized carbons (Fsp3) is 0. The average molecular weight is 124 g/mol. The molecule has 3 nitrogen and oxygen atoms in total. The molecule has 0 N–H and O–H groups in total. The van der Waals surface area contributed by atoms with Crippen LogP contribution < -0.4 is 18.9 Å². The molecule has 0 aromatic heterocycles. The summed E-state index contributed by atoms with van der Waals surface area (Å²) < 4.78 is 31.3. The second-order valence-corrected chi connectivity index (χ2v) is 0.556. The monoisotopic (exact) mass is 124 g/mol. The first kappa shape index (κ1) is 11.2. The molecular formula is HBF3LiO3. The summed E-state index contributed by atoms with van der Waals surface area (Å²) >= 11 is 0. The Morgan fingerprint density at radius 3 is 1.25 bits per heavy atom. The summed E-state index contributed by atoms with van der Waals surface area (Å²) in [5.74, 6) is 0. The van der Waals surface area contributed by atoms with Crippen molar-refractivity contribution in [2.24, 2.45) is 0 Å². The SMILES string of the molecule is FOB(OF)OF.[H-].[Li+]. The van der Waals surface area contributed by atoms with Gasteiger partial charge in [-0.1, -0.05) is 13.6 Å². The molecule has 0 fully saturated rings. The predicted molar refractivity (Wildman–Crippen MR) is 13.4 cm³/mol. The minimum atomic E-state index is -2.51. The number of rotatable bonds is 3. The van der Waals surface area contributed by atoms with Gasteiger partial charge in [0.05, 0.1) is 0 Å². The molecule has 0 saturated heterocycles. The van der Waals surface area contributed by atoms with Crippen LogP contribution in [0.4, 0.5) is 13.6 Å². The van der Waals surface area contributed by atoms with Crippen LogP contribution in [0.3, 0.4) is 0 Å². The van der Waals surface area contributed by atoms with Crippen LogP contribution in [0, 0.1) is 0 Å². The molecule has 0 radical (unpaired) electrons. The van der Waals surface area contributed by atoms with Crippen molar-refractivity contribution in [2.45, 2.75) is 0 Å². The molecule has 0 atom stereocenters. The summed E-state index contributed by atoms with van der Waals surface area (Å²) in [5, 5.41) is 0. The van der Waals surface area contributed by atoms with E-state index in [0.717, 1.165) is 0 Å². The zero-order valence-electron chi connectivity index (χ0n) is 4.94. The smallest absolute Gasteiger partial charge is 1.00 e. The molecule has 8 heteroatoms. The molecule has 8 heavy (non-hydrogen) atoms. The molecule has 0 aliphatic heterocycles. The van der Waals surface area contributed by atoms with Gasteiger partial charge in [-0.2, -0.15) is 14.6 Å². The van der Waals surface area contributed by atoms with E-state index in [0.29, 0.717) is 0 Å². The summed E-state index contributed by atoms with van der Waals surface area (Å²) in [4.78, 5) is 7.06. The first-order chi connectivity index (χ1) is 3.35. The van der Waals surface area contributed by atoms with Crippen molar-refractivity contribution < 1.29 is 48.4 Å². The minimum absolute atomic E-state index is 0. The standard InChI is InChI=1S/BF3O3.Li.H/c2-5-1(6-3)7-4;;/q;+1;-1. The summed E-state index contributed by atoms with van der Waals surface area (Å²) in [5.41, 5.74) is 0. The Morgan fingerprint density at radius 1 is 1.00 bits per heavy atom. The van der Waals surface area contributed by atoms with Crippen molar-refractivity contribution in [3.63, 3.8) is 0 Å². The molecule has 0 bridgehead atoms. The van der Waals surface area contributed by atoms with E-state index in [-0.39, 0.29) is 20.3 Å². The molecule has 0 aromatic rings. The van der Waals surface area contributed by atoms with Gasteiger partial charge >= 0.3 is 26.2 Å². The van der Waals surface area contributed by atoms with E-state index in [4.69, 9.17) is 0 Å². The van der Waals surface area contributed by atoms with Crippen LogP contribution in [0.25, 0.3) is 0 Å². The van der Waals surface area contributed by atoms with Crippen LogP contribution >= 0.6 is 0 Å². The summed E-state index contributed by atoms with van der Waals surface area (Å²) in [6.45, 7) is 0. The molecule has 0 unspecified atom stereocenters. The van der Waals surface area contributed by atoms with Gasteiger partial charge in [-0.15, -0.1) is 0 Å². The Hall–Kier alpha value is 0.332. The van der Waals surface area contributed by atoms with Crippen molar-refractivity contribution in [1.29, 1.82) is 0 Å². The fourth-order valence-electron chi connectivity index (χ4n) is 0.0412. The molecule has 0 amide bonds. The zero-order chi connectivity index (χ0) is 5.70. The van der Waals surface area contributed by atoms with E-state index in [1.807, 2.05) is 0 Å². The Morgan fingerprint density at radius 2 is 1.25 bits per heavy atom. The Kier molecular flexibility index (Phi) is 10.2. The van der Waals surface area contributed by atoms with Gasteiger partial charge in [0.1, 0.15) is 0 Å². The third-order valence-corrected chi connectivity index (χ3v) is 0.218. The van der Waals surface area contributed by atoms with E-state index in [1.165, 1.54) is 0 Å². The van der Waals surface area contributed by atoms with Gasteiger partial charge in [0, 0.05) is 0 Å². The second-order valence-electron chi connectivity index (χ2n) is 0.556. The molecule has 0 saturated carbocycles. The first-order valence-electron chi connectivity index (χ1n) is 1.17. The van der Waals surface area contributed by atoms with E-state index >= 15 is 0 Å². The quantitative estimate of drug-likeness (QED) is 0.399. The largest absolute Gasteiger partial charge is 1.00 e. The molecular weight excluding hydrogens is 123 g/mol. The minimum Gasteiger partial charge on any atom is -1.00 e. The molecule has 0 spiro atoms. The van der Waals surface area contributed by atoms with Crippen molar-refractivity contribution in [3.05, 3.63) is 0 Å². The third-order valence-electron chi connectivity index (χ3n) is 0.218. The van der Waals surface area contributed by atoms with Crippen LogP contribution in [0.2, 0.25) is 0 Å². The maximum absolute atomic E-state index is 10.4. The van der Waals surface area contributed by atoms with Gasteiger partial charge in [-0.05, 0) is 0 Å². The van der Waals surface area contributed by atoms with Crippen LogP contribution in [0.5, 0.6) is 0 Å². The van der Waals surface area contributed by atoms with Gasteiger partial charge in [0.15, 0.2) is 0 Å². The topological polar surface area (TPSA) is 27.7 Å². The number of hydrogen-bond acceptors (Lipinski definition) is 3. The van der Waals surface area contributed by atoms with E-state index < -0.39 is 7.32 Å². The number of hydrogen-bond donors (Lipinski definition) is 0. The van der Waals surface area contributed by atoms with Crippen LogP contribution in [-0.2, 0) is 14.6 Å². The normalized spacial score (nSPS) is 7.88. The van der Waals surface area contributed by atoms with E-state index in [2.05, 4.69) is 14.6 Å². The van der Waals surface area contributed by atoms with Crippen molar-refractivity contribution in [1.82, 2.24) is 0 Å². The Balaban J connectivity index is -0.000000180. The maximum Gasteiger partial charge on any atom is 1.00 e. The summed E-state index contributed by atoms with van der Waals surface area (Å²) in [7, 11) is -2.51. The molecule has 44 valence electrons. The van der Waals surface area contributed by atoms with Crippen LogP contribution in [-0.4, -0.2) is 7.32 Å². The predicted octanol–water partition coefficient (Wildman–Crippen LogP) is -2.21. The molecule has 0 aliphatic carbocycles. The molecule has 0 aliphatic rings. The Bertz CT molecular complexity index is 40.5. The van der Waals surface area contributed by atoms with Crippen molar-refractivity contribution >= 4 is 7.32 Å². The maximum atomic E-state index is 10.4. The van der Waals surface area contributed by atoms with Gasteiger partial charge in [0.2, 0.25) is 0 Å². The van der Waals surface area contributed by atoms with E-state index in [1.54, 1.807) is 0 Å². The fourth-order valence-corrected chi connectivity index (χ4v) is 0.0412. The third kappa shape index (κ3) is 4.49. The van der Waals surface area contributed by atoms with Gasteiger partial charge in [-0.3, -0.25) is 0 Å². The average Bonchev–Trinajstić information content (AvgIpc) is 1.72.